The number of thioether (sulfide) groups is 1. The molecule has 1 rings (SSSR count). The van der Waals surface area contributed by atoms with Gasteiger partial charge in [0.15, 0.2) is 6.10 Å². The van der Waals surface area contributed by atoms with Crippen molar-refractivity contribution in [3.63, 3.8) is 0 Å². The highest BCUT2D eigenvalue weighted by molar-refractivity contribution is 7.98. The number of benzene rings is 1. The number of carbonyl (C=O) groups is 3. The monoisotopic (exact) mass is 420 g/mol. The molecule has 0 aliphatic rings. The van der Waals surface area contributed by atoms with Crippen molar-refractivity contribution in [3.05, 3.63) is 33.8 Å². The van der Waals surface area contributed by atoms with Gasteiger partial charge < -0.3 is 15.4 Å². The fraction of sp³-hybridized carbons (Fsp3) is 0.471. The summed E-state index contributed by atoms with van der Waals surface area (Å²) < 4.78 is 5.18. The first-order valence-electron chi connectivity index (χ1n) is 8.03. The second kappa shape index (κ2) is 11.3. The molecule has 0 aliphatic carbocycles. The molecule has 0 fully saturated rings. The average Bonchev–Trinajstić information content (AvgIpc) is 2.58. The molecule has 0 bridgehead atoms. The summed E-state index contributed by atoms with van der Waals surface area (Å²) in [6, 6.07) is 3.58. The Labute approximate surface area is 167 Å². The minimum absolute atomic E-state index is 0.183. The molecule has 1 aromatic carbocycles. The zero-order chi connectivity index (χ0) is 19.7. The molecule has 0 aliphatic heterocycles. The average molecular weight is 421 g/mol. The van der Waals surface area contributed by atoms with Crippen LogP contribution in [0.15, 0.2) is 18.2 Å². The van der Waals surface area contributed by atoms with E-state index >= 15 is 0 Å². The first kappa shape index (κ1) is 22.6. The number of hydrogen-bond acceptors (Lipinski definition) is 5. The molecule has 0 heterocycles. The third-order valence-electron chi connectivity index (χ3n) is 3.39. The molecule has 0 radical (unpaired) electrons. The molecule has 0 saturated carbocycles. The Hall–Kier alpha value is -1.44. The molecule has 0 saturated heterocycles. The predicted octanol–water partition coefficient (Wildman–Crippen LogP) is 2.91. The first-order chi connectivity index (χ1) is 12.3. The molecule has 26 heavy (non-hydrogen) atoms. The minimum atomic E-state index is -0.949. The Morgan fingerprint density at radius 2 is 1.96 bits per heavy atom. The van der Waals surface area contributed by atoms with Gasteiger partial charge in [0.1, 0.15) is 6.04 Å². The summed E-state index contributed by atoms with van der Waals surface area (Å²) in [6.45, 7) is 3.68. The van der Waals surface area contributed by atoms with Crippen molar-refractivity contribution in [1.29, 1.82) is 0 Å². The predicted molar refractivity (Wildman–Crippen MR) is 105 cm³/mol. The topological polar surface area (TPSA) is 84.5 Å². The van der Waals surface area contributed by atoms with Crippen molar-refractivity contribution < 1.29 is 19.1 Å². The van der Waals surface area contributed by atoms with E-state index in [0.29, 0.717) is 23.7 Å². The molecule has 2 atom stereocenters. The quantitative estimate of drug-likeness (QED) is 0.599. The first-order valence-corrected chi connectivity index (χ1v) is 10.2. The maximum atomic E-state index is 12.4. The number of amides is 2. The number of esters is 1. The summed E-state index contributed by atoms with van der Waals surface area (Å²) in [5, 5.41) is 5.78. The maximum absolute atomic E-state index is 12.4. The molecule has 2 amide bonds. The summed E-state index contributed by atoms with van der Waals surface area (Å²) in [7, 11) is 0. The van der Waals surface area contributed by atoms with Gasteiger partial charge in [-0.25, -0.2) is 4.79 Å². The van der Waals surface area contributed by atoms with Gasteiger partial charge >= 0.3 is 5.97 Å². The van der Waals surface area contributed by atoms with Gasteiger partial charge in [0.25, 0.3) is 11.8 Å². The molecular formula is C17H22Cl2N2O4S. The second-order valence-corrected chi connectivity index (χ2v) is 7.23. The van der Waals surface area contributed by atoms with Crippen molar-refractivity contribution in [1.82, 2.24) is 10.6 Å². The Kier molecular flexibility index (Phi) is 9.83. The van der Waals surface area contributed by atoms with Gasteiger partial charge in [-0.3, -0.25) is 9.59 Å². The van der Waals surface area contributed by atoms with Crippen molar-refractivity contribution >= 4 is 52.7 Å². The van der Waals surface area contributed by atoms with E-state index in [1.807, 2.05) is 6.26 Å². The van der Waals surface area contributed by atoms with Gasteiger partial charge in [-0.05, 0) is 50.5 Å². The van der Waals surface area contributed by atoms with Crippen LogP contribution < -0.4 is 10.6 Å². The summed E-state index contributed by atoms with van der Waals surface area (Å²) in [6.07, 6.45) is 1.30. The van der Waals surface area contributed by atoms with Crippen LogP contribution in [0.4, 0.5) is 0 Å². The second-order valence-electron chi connectivity index (χ2n) is 5.41. The molecule has 0 spiro atoms. The fourth-order valence-electron chi connectivity index (χ4n) is 2.02. The Bertz CT molecular complexity index is 658. The van der Waals surface area contributed by atoms with E-state index < -0.39 is 29.9 Å². The van der Waals surface area contributed by atoms with Crippen LogP contribution in [-0.2, 0) is 14.3 Å². The zero-order valence-electron chi connectivity index (χ0n) is 14.8. The molecule has 9 heteroatoms. The van der Waals surface area contributed by atoms with Crippen molar-refractivity contribution in [3.8, 4) is 0 Å². The molecule has 144 valence electrons. The molecule has 0 aromatic heterocycles. The van der Waals surface area contributed by atoms with E-state index in [0.717, 1.165) is 0 Å². The Morgan fingerprint density at radius 3 is 2.54 bits per heavy atom. The molecule has 6 nitrogen and oxygen atoms in total. The summed E-state index contributed by atoms with van der Waals surface area (Å²) in [4.78, 5) is 36.6. The molecule has 1 aromatic rings. The van der Waals surface area contributed by atoms with Crippen LogP contribution in [0.2, 0.25) is 10.0 Å². The zero-order valence-corrected chi connectivity index (χ0v) is 17.1. The summed E-state index contributed by atoms with van der Waals surface area (Å²) in [5.74, 6) is -0.947. The van der Waals surface area contributed by atoms with Gasteiger partial charge in [0, 0.05) is 11.6 Å². The number of ether oxygens (including phenoxy) is 1. The minimum Gasteiger partial charge on any atom is -0.451 e. The molecule has 2 N–H and O–H groups in total. The Balaban J connectivity index is 2.83. The van der Waals surface area contributed by atoms with Crippen LogP contribution in [0.5, 0.6) is 0 Å². The van der Waals surface area contributed by atoms with Gasteiger partial charge in [-0.2, -0.15) is 11.8 Å². The van der Waals surface area contributed by atoms with Crippen molar-refractivity contribution in [2.45, 2.75) is 32.4 Å². The third-order valence-corrected chi connectivity index (χ3v) is 4.58. The lowest BCUT2D eigenvalue weighted by molar-refractivity contribution is -0.156. The number of likely N-dealkylation sites (N-methyl/N-ethyl adjacent to an activating group) is 1. The maximum Gasteiger partial charge on any atom is 0.329 e. The van der Waals surface area contributed by atoms with Crippen LogP contribution in [0.3, 0.4) is 0 Å². The highest BCUT2D eigenvalue weighted by Gasteiger charge is 2.27. The number of nitrogens with one attached hydrogen (secondary N) is 2. The van der Waals surface area contributed by atoms with E-state index in [4.69, 9.17) is 27.9 Å². The summed E-state index contributed by atoms with van der Waals surface area (Å²) in [5.41, 5.74) is 0.204. The van der Waals surface area contributed by atoms with Crippen LogP contribution in [0.1, 0.15) is 30.6 Å². The summed E-state index contributed by atoms with van der Waals surface area (Å²) >= 11 is 13.4. The van der Waals surface area contributed by atoms with Crippen molar-refractivity contribution in [2.75, 3.05) is 18.6 Å². The third kappa shape index (κ3) is 7.05. The van der Waals surface area contributed by atoms with E-state index in [1.54, 1.807) is 6.92 Å². The number of halogens is 2. The fourth-order valence-corrected chi connectivity index (χ4v) is 2.99. The lowest BCUT2D eigenvalue weighted by Crippen LogP contribution is -2.45. The number of hydrogen-bond donors (Lipinski definition) is 2. The van der Waals surface area contributed by atoms with Crippen LogP contribution >= 0.6 is 35.0 Å². The standard InChI is InChI=1S/C17H22Cl2N2O4S/c1-4-20-15(22)10(2)25-17(24)14(7-8-26-3)21-16(23)12-6-5-11(18)9-13(12)19/h5-6,9-10,14H,4,7-8H2,1-3H3,(H,20,22)(H,21,23)/t10-,14-/m0/s1. The Morgan fingerprint density at radius 1 is 1.27 bits per heavy atom. The molecular weight excluding hydrogens is 399 g/mol. The lowest BCUT2D eigenvalue weighted by atomic mass is 10.1. The number of rotatable bonds is 9. The smallest absolute Gasteiger partial charge is 0.329 e. The number of carbonyl (C=O) groups excluding carboxylic acids is 3. The van der Waals surface area contributed by atoms with Gasteiger partial charge in [-0.15, -0.1) is 0 Å². The van der Waals surface area contributed by atoms with E-state index in [2.05, 4.69) is 10.6 Å². The SMILES string of the molecule is CCNC(=O)[C@H](C)OC(=O)[C@H](CCSC)NC(=O)c1ccc(Cl)cc1Cl. The van der Waals surface area contributed by atoms with E-state index in [9.17, 15) is 14.4 Å². The van der Waals surface area contributed by atoms with Crippen LogP contribution in [0.25, 0.3) is 0 Å². The van der Waals surface area contributed by atoms with E-state index in [1.165, 1.54) is 36.9 Å². The van der Waals surface area contributed by atoms with Crippen LogP contribution in [0, 0.1) is 0 Å². The van der Waals surface area contributed by atoms with Crippen molar-refractivity contribution in [2.24, 2.45) is 0 Å². The van der Waals surface area contributed by atoms with Gasteiger partial charge in [0.05, 0.1) is 10.6 Å². The van der Waals surface area contributed by atoms with E-state index in [-0.39, 0.29) is 10.6 Å². The molecule has 0 unspecified atom stereocenters. The normalized spacial score (nSPS) is 12.8. The largest absolute Gasteiger partial charge is 0.451 e. The highest BCUT2D eigenvalue weighted by Crippen LogP contribution is 2.21. The van der Waals surface area contributed by atoms with Gasteiger partial charge in [-0.1, -0.05) is 23.2 Å². The van der Waals surface area contributed by atoms with Crippen LogP contribution in [-0.4, -0.2) is 48.5 Å². The highest BCUT2D eigenvalue weighted by atomic mass is 35.5. The van der Waals surface area contributed by atoms with Gasteiger partial charge in [0.2, 0.25) is 0 Å². The lowest BCUT2D eigenvalue weighted by Gasteiger charge is -2.20.